The minimum Gasteiger partial charge on any atom is -0.390 e. The lowest BCUT2D eigenvalue weighted by atomic mass is 9.83. The van der Waals surface area contributed by atoms with Gasteiger partial charge in [-0.15, -0.1) is 0 Å². The first-order chi connectivity index (χ1) is 8.74. The molecule has 0 aromatic heterocycles. The molecule has 2 rings (SSSR count). The van der Waals surface area contributed by atoms with Gasteiger partial charge in [0.1, 0.15) is 0 Å². The zero-order valence-corrected chi connectivity index (χ0v) is 12.0. The molecule has 3 nitrogen and oxygen atoms in total. The van der Waals surface area contributed by atoms with Crippen molar-refractivity contribution in [3.63, 3.8) is 0 Å². The van der Waals surface area contributed by atoms with E-state index in [9.17, 15) is 5.11 Å². The largest absolute Gasteiger partial charge is 0.390 e. The predicted octanol–water partition coefficient (Wildman–Crippen LogP) is 2.00. The maximum atomic E-state index is 10.0. The van der Waals surface area contributed by atoms with Crippen molar-refractivity contribution in [2.45, 2.75) is 58.0 Å². The third-order valence-electron chi connectivity index (χ3n) is 4.96. The fourth-order valence-corrected chi connectivity index (χ4v) is 3.61. The second-order valence-corrected chi connectivity index (χ2v) is 6.35. The molecule has 106 valence electrons. The zero-order valence-electron chi connectivity index (χ0n) is 12.0. The molecule has 1 heterocycles. The third-order valence-corrected chi connectivity index (χ3v) is 4.96. The lowest BCUT2D eigenvalue weighted by molar-refractivity contribution is 0.118. The molecule has 0 aromatic rings. The smallest absolute Gasteiger partial charge is 0.0791 e. The van der Waals surface area contributed by atoms with Crippen molar-refractivity contribution in [3.05, 3.63) is 0 Å². The lowest BCUT2D eigenvalue weighted by Crippen LogP contribution is -2.40. The predicted molar refractivity (Wildman–Crippen MR) is 75.7 cm³/mol. The van der Waals surface area contributed by atoms with Crippen LogP contribution in [0.25, 0.3) is 0 Å². The number of aliphatic hydroxyl groups excluding tert-OH is 1. The highest BCUT2D eigenvalue weighted by atomic mass is 16.3. The maximum absolute atomic E-state index is 10.0. The Labute approximate surface area is 112 Å². The van der Waals surface area contributed by atoms with Gasteiger partial charge in [0.25, 0.3) is 0 Å². The van der Waals surface area contributed by atoms with E-state index in [4.69, 9.17) is 0 Å². The number of nitrogens with one attached hydrogen (secondary N) is 1. The summed E-state index contributed by atoms with van der Waals surface area (Å²) in [7, 11) is 0. The Bertz CT molecular complexity index is 233. The topological polar surface area (TPSA) is 35.5 Å². The van der Waals surface area contributed by atoms with E-state index in [0.29, 0.717) is 5.41 Å². The first kappa shape index (κ1) is 14.3. The van der Waals surface area contributed by atoms with E-state index in [2.05, 4.69) is 17.1 Å². The summed E-state index contributed by atoms with van der Waals surface area (Å²) >= 11 is 0. The Morgan fingerprint density at radius 1 is 1.17 bits per heavy atom. The first-order valence-electron chi connectivity index (χ1n) is 7.85. The molecule has 1 aliphatic carbocycles. The van der Waals surface area contributed by atoms with Crippen molar-refractivity contribution < 1.29 is 5.11 Å². The van der Waals surface area contributed by atoms with Crippen molar-refractivity contribution in [1.29, 1.82) is 0 Å². The van der Waals surface area contributed by atoms with E-state index in [-0.39, 0.29) is 6.10 Å². The van der Waals surface area contributed by atoms with Gasteiger partial charge < -0.3 is 15.3 Å². The van der Waals surface area contributed by atoms with Gasteiger partial charge in [-0.05, 0) is 50.6 Å². The molecule has 0 spiro atoms. The minimum atomic E-state index is -0.196. The molecule has 1 unspecified atom stereocenters. The fourth-order valence-electron chi connectivity index (χ4n) is 3.61. The van der Waals surface area contributed by atoms with Crippen LogP contribution >= 0.6 is 0 Å². The Morgan fingerprint density at radius 3 is 2.44 bits per heavy atom. The Balaban J connectivity index is 1.61. The summed E-state index contributed by atoms with van der Waals surface area (Å²) in [6.45, 7) is 7.38. The number of rotatable bonds is 7. The normalized spacial score (nSPS) is 25.7. The number of likely N-dealkylation sites (tertiary alicyclic amines) is 1. The summed E-state index contributed by atoms with van der Waals surface area (Å²) in [5, 5.41) is 13.6. The summed E-state index contributed by atoms with van der Waals surface area (Å²) < 4.78 is 0. The van der Waals surface area contributed by atoms with Crippen molar-refractivity contribution in [3.8, 4) is 0 Å². The average molecular weight is 254 g/mol. The van der Waals surface area contributed by atoms with Crippen LogP contribution in [0.2, 0.25) is 0 Å². The van der Waals surface area contributed by atoms with E-state index in [1.807, 2.05) is 0 Å². The third kappa shape index (κ3) is 3.94. The van der Waals surface area contributed by atoms with Crippen molar-refractivity contribution in [1.82, 2.24) is 10.2 Å². The number of hydrogen-bond donors (Lipinski definition) is 2. The van der Waals surface area contributed by atoms with Gasteiger partial charge in [-0.1, -0.05) is 19.8 Å². The molecular formula is C15H30N2O. The van der Waals surface area contributed by atoms with Crippen LogP contribution in [0.15, 0.2) is 0 Å². The highest BCUT2D eigenvalue weighted by molar-refractivity contribution is 4.85. The van der Waals surface area contributed by atoms with Gasteiger partial charge in [0.15, 0.2) is 0 Å². The fraction of sp³-hybridized carbons (Fsp3) is 1.00. The van der Waals surface area contributed by atoms with Crippen LogP contribution in [0.3, 0.4) is 0 Å². The summed E-state index contributed by atoms with van der Waals surface area (Å²) in [4.78, 5) is 2.39. The van der Waals surface area contributed by atoms with E-state index in [1.54, 1.807) is 0 Å². The van der Waals surface area contributed by atoms with Crippen LogP contribution in [-0.2, 0) is 0 Å². The molecule has 1 saturated heterocycles. The second-order valence-electron chi connectivity index (χ2n) is 6.35. The van der Waals surface area contributed by atoms with Gasteiger partial charge in [-0.25, -0.2) is 0 Å². The van der Waals surface area contributed by atoms with E-state index < -0.39 is 0 Å². The Morgan fingerprint density at radius 2 is 1.83 bits per heavy atom. The van der Waals surface area contributed by atoms with Crippen LogP contribution in [0.1, 0.15) is 51.9 Å². The van der Waals surface area contributed by atoms with Crippen LogP contribution in [0.4, 0.5) is 0 Å². The summed E-state index contributed by atoms with van der Waals surface area (Å²) in [6.07, 6.45) is 9.23. The summed E-state index contributed by atoms with van der Waals surface area (Å²) in [5.74, 6) is 0. The van der Waals surface area contributed by atoms with Gasteiger partial charge >= 0.3 is 0 Å². The second kappa shape index (κ2) is 6.88. The number of aliphatic hydroxyl groups is 1. The van der Waals surface area contributed by atoms with E-state index in [0.717, 1.165) is 19.6 Å². The molecule has 2 N–H and O–H groups in total. The number of nitrogens with zero attached hydrogens (tertiary/aromatic N) is 1. The molecule has 0 amide bonds. The zero-order chi connectivity index (χ0) is 12.8. The van der Waals surface area contributed by atoms with E-state index >= 15 is 0 Å². The quantitative estimate of drug-likeness (QED) is 0.729. The molecule has 2 fully saturated rings. The lowest BCUT2D eigenvalue weighted by Gasteiger charge is -2.29. The molecule has 0 bridgehead atoms. The molecule has 3 heteroatoms. The monoisotopic (exact) mass is 254 g/mol. The highest BCUT2D eigenvalue weighted by Crippen LogP contribution is 2.40. The van der Waals surface area contributed by atoms with Crippen LogP contribution < -0.4 is 5.32 Å². The Kier molecular flexibility index (Phi) is 5.46. The number of β-amino-alcohol motifs (C(OH)–C–C–N with tert-alkyl or cyclic N) is 1. The molecule has 0 aromatic carbocycles. The first-order valence-corrected chi connectivity index (χ1v) is 7.85. The van der Waals surface area contributed by atoms with Gasteiger partial charge in [0.2, 0.25) is 0 Å². The SMILES string of the molecule is CCC1(CNCC(O)CN2CCCC2)CCCC1. The Hall–Kier alpha value is -0.120. The molecule has 1 atom stereocenters. The van der Waals surface area contributed by atoms with Gasteiger partial charge in [-0.2, -0.15) is 0 Å². The summed E-state index contributed by atoms with van der Waals surface area (Å²) in [6, 6.07) is 0. The van der Waals surface area contributed by atoms with Crippen molar-refractivity contribution >= 4 is 0 Å². The molecule has 18 heavy (non-hydrogen) atoms. The van der Waals surface area contributed by atoms with Crippen molar-refractivity contribution in [2.75, 3.05) is 32.7 Å². The highest BCUT2D eigenvalue weighted by Gasteiger charge is 2.31. The van der Waals surface area contributed by atoms with Crippen molar-refractivity contribution in [2.24, 2.45) is 5.41 Å². The molecule has 1 aliphatic heterocycles. The van der Waals surface area contributed by atoms with E-state index in [1.165, 1.54) is 58.0 Å². The van der Waals surface area contributed by atoms with Crippen LogP contribution in [-0.4, -0.2) is 48.8 Å². The molecule has 1 saturated carbocycles. The standard InChI is InChI=1S/C15H30N2O/c1-2-15(7-3-4-8-15)13-16-11-14(18)12-17-9-5-6-10-17/h14,16,18H,2-13H2,1H3. The molecule has 2 aliphatic rings. The maximum Gasteiger partial charge on any atom is 0.0791 e. The van der Waals surface area contributed by atoms with Gasteiger partial charge in [0.05, 0.1) is 6.10 Å². The van der Waals surface area contributed by atoms with Gasteiger partial charge in [0, 0.05) is 19.6 Å². The molecular weight excluding hydrogens is 224 g/mol. The molecule has 0 radical (unpaired) electrons. The minimum absolute atomic E-state index is 0.196. The summed E-state index contributed by atoms with van der Waals surface area (Å²) in [5.41, 5.74) is 0.535. The van der Waals surface area contributed by atoms with Crippen LogP contribution in [0, 0.1) is 5.41 Å². The number of hydrogen-bond acceptors (Lipinski definition) is 3. The average Bonchev–Trinajstić information content (AvgIpc) is 3.01. The van der Waals surface area contributed by atoms with Gasteiger partial charge in [-0.3, -0.25) is 0 Å². The van der Waals surface area contributed by atoms with Crippen LogP contribution in [0.5, 0.6) is 0 Å².